The molecule has 0 amide bonds. The zero-order valence-electron chi connectivity index (χ0n) is 13.7. The van der Waals surface area contributed by atoms with Crippen LogP contribution >= 0.6 is 11.6 Å². The first-order chi connectivity index (χ1) is 11.3. The molecule has 0 radical (unpaired) electrons. The summed E-state index contributed by atoms with van der Waals surface area (Å²) in [6, 6.07) is 2.59. The van der Waals surface area contributed by atoms with E-state index in [1.807, 2.05) is 20.8 Å². The lowest BCUT2D eigenvalue weighted by Crippen LogP contribution is -2.11. The van der Waals surface area contributed by atoms with E-state index in [4.69, 9.17) is 11.6 Å². The molecule has 0 saturated carbocycles. The maximum atomic E-state index is 14.5. The van der Waals surface area contributed by atoms with Gasteiger partial charge in [-0.2, -0.15) is 0 Å². The normalized spacial score (nSPS) is 10.8. The van der Waals surface area contributed by atoms with E-state index in [-0.39, 0.29) is 17.2 Å². The molecule has 128 valence electrons. The summed E-state index contributed by atoms with van der Waals surface area (Å²) >= 11 is 5.65. The van der Waals surface area contributed by atoms with Crippen LogP contribution in [0.5, 0.6) is 0 Å². The molecule has 0 saturated heterocycles. The predicted octanol–water partition coefficient (Wildman–Crippen LogP) is 4.98. The Bertz CT molecular complexity index is 795. The molecule has 0 aliphatic carbocycles. The Hall–Kier alpha value is -2.21. The first-order valence-corrected chi connectivity index (χ1v) is 7.64. The number of hydrogen-bond acceptors (Lipinski definition) is 4. The van der Waals surface area contributed by atoms with Gasteiger partial charge >= 0.3 is 5.97 Å². The van der Waals surface area contributed by atoms with Gasteiger partial charge in [0, 0.05) is 6.20 Å². The Morgan fingerprint density at radius 2 is 2.00 bits per heavy atom. The number of nitrogens with one attached hydrogen (secondary N) is 1. The Morgan fingerprint density at radius 1 is 1.33 bits per heavy atom. The molecule has 0 fully saturated rings. The number of aromatic nitrogens is 1. The van der Waals surface area contributed by atoms with Crippen LogP contribution in [-0.2, 0) is 4.74 Å². The number of carbonyl (C=O) groups is 1. The minimum absolute atomic E-state index is 0.0490. The highest BCUT2D eigenvalue weighted by atomic mass is 35.5. The fraction of sp³-hybridized carbons (Fsp3) is 0.294. The molecule has 2 aromatic rings. The number of halogens is 3. The predicted molar refractivity (Wildman–Crippen MR) is 89.1 cm³/mol. The molecule has 1 heterocycles. The highest BCUT2D eigenvalue weighted by Gasteiger charge is 2.24. The second-order valence-corrected chi connectivity index (χ2v) is 5.95. The van der Waals surface area contributed by atoms with Gasteiger partial charge in [0.1, 0.15) is 10.8 Å². The van der Waals surface area contributed by atoms with Gasteiger partial charge in [0.15, 0.2) is 5.82 Å². The molecule has 4 nitrogen and oxygen atoms in total. The Labute approximate surface area is 143 Å². The van der Waals surface area contributed by atoms with Gasteiger partial charge < -0.3 is 10.1 Å². The molecule has 0 aliphatic heterocycles. The van der Waals surface area contributed by atoms with E-state index in [1.165, 1.54) is 0 Å². The van der Waals surface area contributed by atoms with Gasteiger partial charge in [0.25, 0.3) is 0 Å². The number of benzene rings is 1. The number of hydrogen-bond donors (Lipinski definition) is 1. The van der Waals surface area contributed by atoms with E-state index in [9.17, 15) is 13.6 Å². The second-order valence-electron chi connectivity index (χ2n) is 5.57. The van der Waals surface area contributed by atoms with Crippen molar-refractivity contribution in [2.24, 2.45) is 0 Å². The molecule has 1 aromatic heterocycles. The largest absolute Gasteiger partial charge is 0.465 e. The number of rotatable bonds is 4. The van der Waals surface area contributed by atoms with Gasteiger partial charge in [0.2, 0.25) is 0 Å². The van der Waals surface area contributed by atoms with E-state index in [1.54, 1.807) is 12.3 Å². The van der Waals surface area contributed by atoms with Gasteiger partial charge in [-0.1, -0.05) is 25.4 Å². The number of aryl methyl sites for hydroxylation is 1. The van der Waals surface area contributed by atoms with Crippen molar-refractivity contribution in [2.45, 2.75) is 26.7 Å². The number of carbonyl (C=O) groups excluding carboxylic acids is 1. The Morgan fingerprint density at radius 3 is 2.58 bits per heavy atom. The van der Waals surface area contributed by atoms with Crippen LogP contribution in [0.4, 0.5) is 20.2 Å². The van der Waals surface area contributed by atoms with Crippen LogP contribution < -0.4 is 5.32 Å². The summed E-state index contributed by atoms with van der Waals surface area (Å²) in [6.45, 7) is 5.68. The van der Waals surface area contributed by atoms with Gasteiger partial charge in [-0.25, -0.2) is 13.6 Å². The standard InChI is InChI=1S/C17H17ClF2N2O2/c1-8(2)14-15(9(3)5-6-21-14)22-16-10(17(23)24-4)7-11(19)12(18)13(16)20/h5-8,22H,1-4H3. The van der Waals surface area contributed by atoms with Crippen LogP contribution in [0.15, 0.2) is 18.3 Å². The average Bonchev–Trinajstić information content (AvgIpc) is 2.55. The van der Waals surface area contributed by atoms with Crippen molar-refractivity contribution in [1.29, 1.82) is 0 Å². The number of methoxy groups -OCH3 is 1. The summed E-state index contributed by atoms with van der Waals surface area (Å²) in [5.74, 6) is -2.92. The number of esters is 1. The molecule has 7 heteroatoms. The zero-order valence-corrected chi connectivity index (χ0v) is 14.5. The molecule has 1 N–H and O–H groups in total. The monoisotopic (exact) mass is 354 g/mol. The van der Waals surface area contributed by atoms with E-state index in [0.717, 1.165) is 18.7 Å². The van der Waals surface area contributed by atoms with Crippen molar-refractivity contribution in [3.63, 3.8) is 0 Å². The average molecular weight is 355 g/mol. The maximum absolute atomic E-state index is 14.5. The van der Waals surface area contributed by atoms with Crippen LogP contribution in [0, 0.1) is 18.6 Å². The molecule has 0 atom stereocenters. The Kier molecular flexibility index (Phi) is 5.39. The third-order valence-electron chi connectivity index (χ3n) is 3.55. The van der Waals surface area contributed by atoms with Crippen molar-refractivity contribution < 1.29 is 18.3 Å². The van der Waals surface area contributed by atoms with Crippen LogP contribution in [-0.4, -0.2) is 18.1 Å². The highest BCUT2D eigenvalue weighted by molar-refractivity contribution is 6.31. The van der Waals surface area contributed by atoms with Crippen molar-refractivity contribution >= 4 is 28.9 Å². The van der Waals surface area contributed by atoms with Crippen LogP contribution in [0.25, 0.3) is 0 Å². The van der Waals surface area contributed by atoms with E-state index in [0.29, 0.717) is 11.4 Å². The van der Waals surface area contributed by atoms with Crippen molar-refractivity contribution in [1.82, 2.24) is 4.98 Å². The van der Waals surface area contributed by atoms with Gasteiger partial charge in [-0.05, 0) is 30.5 Å². The zero-order chi connectivity index (χ0) is 18.0. The Balaban J connectivity index is 2.67. The lowest BCUT2D eigenvalue weighted by atomic mass is 10.0. The number of nitrogens with zero attached hydrogens (tertiary/aromatic N) is 1. The topological polar surface area (TPSA) is 51.2 Å². The van der Waals surface area contributed by atoms with Gasteiger partial charge in [-0.15, -0.1) is 0 Å². The highest BCUT2D eigenvalue weighted by Crippen LogP contribution is 2.35. The summed E-state index contributed by atoms with van der Waals surface area (Å²) in [5, 5.41) is 2.16. The molecule has 0 unspecified atom stereocenters. The summed E-state index contributed by atoms with van der Waals surface area (Å²) in [7, 11) is 1.13. The first kappa shape index (κ1) is 18.1. The summed E-state index contributed by atoms with van der Waals surface area (Å²) in [5.41, 5.74) is 1.50. The first-order valence-electron chi connectivity index (χ1n) is 7.26. The van der Waals surface area contributed by atoms with Crippen molar-refractivity contribution in [3.05, 3.63) is 51.8 Å². The molecular weight excluding hydrogens is 338 g/mol. The minimum atomic E-state index is -1.06. The summed E-state index contributed by atoms with van der Waals surface area (Å²) in [6.07, 6.45) is 1.64. The van der Waals surface area contributed by atoms with Gasteiger partial charge in [0.05, 0.1) is 29.7 Å². The fourth-order valence-corrected chi connectivity index (χ4v) is 2.44. The number of pyridine rings is 1. The van der Waals surface area contributed by atoms with E-state index < -0.39 is 22.6 Å². The second kappa shape index (κ2) is 7.13. The summed E-state index contributed by atoms with van der Waals surface area (Å²) in [4.78, 5) is 16.2. The third kappa shape index (κ3) is 3.33. The quantitative estimate of drug-likeness (QED) is 0.621. The fourth-order valence-electron chi connectivity index (χ4n) is 2.29. The van der Waals surface area contributed by atoms with E-state index >= 15 is 0 Å². The maximum Gasteiger partial charge on any atom is 0.340 e. The van der Waals surface area contributed by atoms with E-state index in [2.05, 4.69) is 15.0 Å². The van der Waals surface area contributed by atoms with Crippen LogP contribution in [0.3, 0.4) is 0 Å². The molecule has 0 spiro atoms. The lowest BCUT2D eigenvalue weighted by molar-refractivity contribution is 0.0601. The molecular formula is C17H17ClF2N2O2. The number of ether oxygens (including phenoxy) is 1. The molecule has 24 heavy (non-hydrogen) atoms. The molecule has 0 aliphatic rings. The van der Waals surface area contributed by atoms with Crippen LogP contribution in [0.1, 0.15) is 41.4 Å². The summed E-state index contributed by atoms with van der Waals surface area (Å²) < 4.78 is 32.8. The molecule has 2 rings (SSSR count). The lowest BCUT2D eigenvalue weighted by Gasteiger charge is -2.19. The smallest absolute Gasteiger partial charge is 0.340 e. The SMILES string of the molecule is COC(=O)c1cc(F)c(Cl)c(F)c1Nc1c(C)ccnc1C(C)C. The molecule has 1 aromatic carbocycles. The minimum Gasteiger partial charge on any atom is -0.465 e. The van der Waals surface area contributed by atoms with Crippen LogP contribution in [0.2, 0.25) is 5.02 Å². The van der Waals surface area contributed by atoms with Crippen molar-refractivity contribution in [2.75, 3.05) is 12.4 Å². The number of anilines is 2. The third-order valence-corrected chi connectivity index (χ3v) is 3.90. The molecule has 0 bridgehead atoms. The van der Waals surface area contributed by atoms with Crippen molar-refractivity contribution in [3.8, 4) is 0 Å². The van der Waals surface area contributed by atoms with Gasteiger partial charge in [-0.3, -0.25) is 4.98 Å².